The normalized spacial score (nSPS) is 10.2. The zero-order valence-corrected chi connectivity index (χ0v) is 9.97. The summed E-state index contributed by atoms with van der Waals surface area (Å²) in [5.41, 5.74) is 0.378. The van der Waals surface area contributed by atoms with Gasteiger partial charge < -0.3 is 5.11 Å². The molecule has 0 saturated heterocycles. The molecule has 96 valence electrons. The van der Waals surface area contributed by atoms with Gasteiger partial charge in [0.05, 0.1) is 12.0 Å². The number of Topliss-reactive ketones (excluding diaryl/α,β-unsaturated/α-hetero) is 2. The zero-order chi connectivity index (χ0) is 13.8. The van der Waals surface area contributed by atoms with Crippen molar-refractivity contribution >= 4 is 11.6 Å². The van der Waals surface area contributed by atoms with E-state index in [1.807, 2.05) is 0 Å². The maximum atomic E-state index is 12.8. The molecule has 0 fully saturated rings. The molecule has 2 rings (SSSR count). The van der Waals surface area contributed by atoms with Gasteiger partial charge in [0, 0.05) is 11.6 Å². The SMILES string of the molecule is O=C(CC(=O)c1ccc(F)cc1O)c1ccccc1. The topological polar surface area (TPSA) is 54.4 Å². The van der Waals surface area contributed by atoms with Crippen LogP contribution in [0, 0.1) is 5.82 Å². The van der Waals surface area contributed by atoms with Gasteiger partial charge in [0.1, 0.15) is 11.6 Å². The highest BCUT2D eigenvalue weighted by Gasteiger charge is 2.16. The number of benzene rings is 2. The Labute approximate surface area is 109 Å². The molecule has 2 aromatic carbocycles. The second-order valence-electron chi connectivity index (χ2n) is 4.05. The van der Waals surface area contributed by atoms with Crippen LogP contribution in [-0.4, -0.2) is 16.7 Å². The molecule has 3 nitrogen and oxygen atoms in total. The van der Waals surface area contributed by atoms with Crippen LogP contribution in [0.15, 0.2) is 48.5 Å². The van der Waals surface area contributed by atoms with Crippen LogP contribution in [0.25, 0.3) is 0 Å². The first kappa shape index (κ1) is 13.0. The summed E-state index contributed by atoms with van der Waals surface area (Å²) in [6, 6.07) is 11.5. The van der Waals surface area contributed by atoms with Crippen molar-refractivity contribution in [3.63, 3.8) is 0 Å². The lowest BCUT2D eigenvalue weighted by Gasteiger charge is -2.03. The minimum atomic E-state index is -0.636. The summed E-state index contributed by atoms with van der Waals surface area (Å²) < 4.78 is 12.8. The lowest BCUT2D eigenvalue weighted by Crippen LogP contribution is -2.08. The molecule has 4 heteroatoms. The molecule has 0 atom stereocenters. The van der Waals surface area contributed by atoms with E-state index in [2.05, 4.69) is 0 Å². The molecule has 0 radical (unpaired) electrons. The van der Waals surface area contributed by atoms with Gasteiger partial charge in [0.15, 0.2) is 11.6 Å². The van der Waals surface area contributed by atoms with Crippen LogP contribution in [0.2, 0.25) is 0 Å². The van der Waals surface area contributed by atoms with Crippen molar-refractivity contribution in [1.82, 2.24) is 0 Å². The highest BCUT2D eigenvalue weighted by molar-refractivity contribution is 6.14. The van der Waals surface area contributed by atoms with Crippen LogP contribution in [0.3, 0.4) is 0 Å². The van der Waals surface area contributed by atoms with E-state index in [-0.39, 0.29) is 17.8 Å². The van der Waals surface area contributed by atoms with E-state index in [0.717, 1.165) is 12.1 Å². The van der Waals surface area contributed by atoms with Gasteiger partial charge in [-0.25, -0.2) is 4.39 Å². The van der Waals surface area contributed by atoms with E-state index in [4.69, 9.17) is 0 Å². The first-order chi connectivity index (χ1) is 9.08. The van der Waals surface area contributed by atoms with E-state index in [1.165, 1.54) is 6.07 Å². The fourth-order valence-electron chi connectivity index (χ4n) is 1.71. The Bertz CT molecular complexity index is 621. The Hall–Kier alpha value is -2.49. The lowest BCUT2D eigenvalue weighted by molar-refractivity contribution is 0.0893. The average molecular weight is 258 g/mol. The second-order valence-corrected chi connectivity index (χ2v) is 4.05. The average Bonchev–Trinajstić information content (AvgIpc) is 2.39. The van der Waals surface area contributed by atoms with Crippen molar-refractivity contribution in [3.8, 4) is 5.75 Å². The van der Waals surface area contributed by atoms with Crippen molar-refractivity contribution in [2.45, 2.75) is 6.42 Å². The fraction of sp³-hybridized carbons (Fsp3) is 0.0667. The molecule has 0 saturated carbocycles. The molecule has 1 N–H and O–H groups in total. The van der Waals surface area contributed by atoms with E-state index in [9.17, 15) is 19.1 Å². The molecule has 0 aliphatic heterocycles. The third-order valence-electron chi connectivity index (χ3n) is 2.68. The number of phenolic OH excluding ortho intramolecular Hbond substituents is 1. The lowest BCUT2D eigenvalue weighted by atomic mass is 10.0. The Morgan fingerprint density at radius 2 is 1.68 bits per heavy atom. The fourth-order valence-corrected chi connectivity index (χ4v) is 1.71. The number of ketones is 2. The van der Waals surface area contributed by atoms with Crippen LogP contribution < -0.4 is 0 Å². The Morgan fingerprint density at radius 3 is 2.32 bits per heavy atom. The van der Waals surface area contributed by atoms with Gasteiger partial charge in [-0.3, -0.25) is 9.59 Å². The standard InChI is InChI=1S/C15H11FO3/c16-11-6-7-12(14(18)8-11)15(19)9-13(17)10-4-2-1-3-5-10/h1-8,18H,9H2. The summed E-state index contributed by atoms with van der Waals surface area (Å²) in [4.78, 5) is 23.7. The molecule has 0 aliphatic rings. The maximum absolute atomic E-state index is 12.8. The molecule has 0 heterocycles. The van der Waals surface area contributed by atoms with Gasteiger partial charge in [-0.15, -0.1) is 0 Å². The minimum absolute atomic E-state index is 0.0503. The quantitative estimate of drug-likeness (QED) is 0.677. The number of hydrogen-bond acceptors (Lipinski definition) is 3. The van der Waals surface area contributed by atoms with E-state index in [1.54, 1.807) is 30.3 Å². The summed E-state index contributed by atoms with van der Waals surface area (Å²) in [5, 5.41) is 9.47. The summed E-state index contributed by atoms with van der Waals surface area (Å²) in [5.74, 6) is -1.96. The van der Waals surface area contributed by atoms with Gasteiger partial charge in [-0.2, -0.15) is 0 Å². The van der Waals surface area contributed by atoms with Gasteiger partial charge in [-0.1, -0.05) is 30.3 Å². The smallest absolute Gasteiger partial charge is 0.174 e. The van der Waals surface area contributed by atoms with Crippen molar-refractivity contribution in [2.75, 3.05) is 0 Å². The van der Waals surface area contributed by atoms with Crippen LogP contribution in [-0.2, 0) is 0 Å². The third kappa shape index (κ3) is 3.04. The van der Waals surface area contributed by atoms with Crippen molar-refractivity contribution in [1.29, 1.82) is 0 Å². The number of carbonyl (C=O) groups is 2. The number of hydrogen-bond donors (Lipinski definition) is 1. The summed E-state index contributed by atoms with van der Waals surface area (Å²) in [6.45, 7) is 0. The predicted molar refractivity (Wildman–Crippen MR) is 67.8 cm³/mol. The molecular formula is C15H11FO3. The molecular weight excluding hydrogens is 247 g/mol. The van der Waals surface area contributed by atoms with Gasteiger partial charge in [0.2, 0.25) is 0 Å². The van der Waals surface area contributed by atoms with E-state index in [0.29, 0.717) is 5.56 Å². The highest BCUT2D eigenvalue weighted by atomic mass is 19.1. The second kappa shape index (κ2) is 5.44. The van der Waals surface area contributed by atoms with Crippen molar-refractivity contribution in [2.24, 2.45) is 0 Å². The van der Waals surface area contributed by atoms with Gasteiger partial charge in [-0.05, 0) is 12.1 Å². The summed E-state index contributed by atoms with van der Waals surface area (Å²) >= 11 is 0. The third-order valence-corrected chi connectivity index (χ3v) is 2.68. The van der Waals surface area contributed by atoms with Crippen LogP contribution in [0.5, 0.6) is 5.75 Å². The predicted octanol–water partition coefficient (Wildman–Crippen LogP) is 2.99. The Kier molecular flexibility index (Phi) is 3.71. The maximum Gasteiger partial charge on any atom is 0.174 e. The molecule has 19 heavy (non-hydrogen) atoms. The molecule has 0 aromatic heterocycles. The molecule has 0 bridgehead atoms. The number of carbonyl (C=O) groups excluding carboxylic acids is 2. The molecule has 0 aliphatic carbocycles. The van der Waals surface area contributed by atoms with Crippen molar-refractivity contribution in [3.05, 3.63) is 65.5 Å². The Balaban J connectivity index is 2.15. The molecule has 0 spiro atoms. The zero-order valence-electron chi connectivity index (χ0n) is 9.97. The number of phenols is 1. The molecule has 2 aromatic rings. The van der Waals surface area contributed by atoms with Gasteiger partial charge >= 0.3 is 0 Å². The number of rotatable bonds is 4. The van der Waals surface area contributed by atoms with Gasteiger partial charge in [0.25, 0.3) is 0 Å². The summed E-state index contributed by atoms with van der Waals surface area (Å²) in [7, 11) is 0. The van der Waals surface area contributed by atoms with Crippen LogP contribution in [0.4, 0.5) is 4.39 Å². The monoisotopic (exact) mass is 258 g/mol. The van der Waals surface area contributed by atoms with Crippen LogP contribution >= 0.6 is 0 Å². The van der Waals surface area contributed by atoms with E-state index < -0.39 is 17.3 Å². The Morgan fingerprint density at radius 1 is 1.00 bits per heavy atom. The number of aromatic hydroxyl groups is 1. The first-order valence-corrected chi connectivity index (χ1v) is 5.68. The van der Waals surface area contributed by atoms with Crippen molar-refractivity contribution < 1.29 is 19.1 Å². The molecule has 0 unspecified atom stereocenters. The minimum Gasteiger partial charge on any atom is -0.507 e. The highest BCUT2D eigenvalue weighted by Crippen LogP contribution is 2.20. The van der Waals surface area contributed by atoms with E-state index >= 15 is 0 Å². The molecule has 0 amide bonds. The summed E-state index contributed by atoms with van der Waals surface area (Å²) in [6.07, 6.45) is -0.358. The number of halogens is 1. The first-order valence-electron chi connectivity index (χ1n) is 5.68. The largest absolute Gasteiger partial charge is 0.507 e. The van der Waals surface area contributed by atoms with Crippen LogP contribution in [0.1, 0.15) is 27.1 Å².